The lowest BCUT2D eigenvalue weighted by Gasteiger charge is -2.27. The molecular formula is C12H15NO3S. The van der Waals surface area contributed by atoms with Crippen molar-refractivity contribution >= 4 is 21.5 Å². The number of ketones is 1. The summed E-state index contributed by atoms with van der Waals surface area (Å²) in [6, 6.07) is 5.23. The molecule has 0 fully saturated rings. The third-order valence-electron chi connectivity index (χ3n) is 3.11. The molecule has 4 nitrogen and oxygen atoms in total. The second kappa shape index (κ2) is 4.14. The number of anilines is 1. The summed E-state index contributed by atoms with van der Waals surface area (Å²) >= 11 is 0. The topological polar surface area (TPSA) is 54.5 Å². The molecule has 5 heteroatoms. The molecule has 0 N–H and O–H groups in total. The zero-order chi connectivity index (χ0) is 12.6. The van der Waals surface area contributed by atoms with Crippen molar-refractivity contribution in [1.82, 2.24) is 0 Å². The molecule has 0 amide bonds. The van der Waals surface area contributed by atoms with E-state index in [-0.39, 0.29) is 11.5 Å². The highest BCUT2D eigenvalue weighted by Crippen LogP contribution is 2.29. The van der Waals surface area contributed by atoms with Crippen LogP contribution in [0.5, 0.6) is 0 Å². The highest BCUT2D eigenvalue weighted by Gasteiger charge is 2.26. The Hall–Kier alpha value is -1.36. The molecule has 0 bridgehead atoms. The molecule has 0 spiro atoms. The number of fused-ring (bicyclic) bond motifs is 1. The van der Waals surface area contributed by atoms with Crippen molar-refractivity contribution in [3.63, 3.8) is 0 Å². The molecule has 1 aliphatic rings. The Bertz CT molecular complexity index is 563. The highest BCUT2D eigenvalue weighted by atomic mass is 32.2. The monoisotopic (exact) mass is 253 g/mol. The molecule has 92 valence electrons. The fourth-order valence-corrected chi connectivity index (χ4v) is 3.23. The van der Waals surface area contributed by atoms with Crippen LogP contribution in [0.15, 0.2) is 18.2 Å². The van der Waals surface area contributed by atoms with E-state index in [9.17, 15) is 13.2 Å². The largest absolute Gasteiger partial charge is 0.294 e. The molecule has 0 aliphatic carbocycles. The van der Waals surface area contributed by atoms with E-state index >= 15 is 0 Å². The van der Waals surface area contributed by atoms with Crippen LogP contribution in [0.2, 0.25) is 0 Å². The third-order valence-corrected chi connectivity index (χ3v) is 4.86. The van der Waals surface area contributed by atoms with Gasteiger partial charge in [-0.25, -0.2) is 8.42 Å². The van der Waals surface area contributed by atoms with Crippen LogP contribution in [-0.2, 0) is 16.4 Å². The fraction of sp³-hybridized carbons (Fsp3) is 0.417. The first-order valence-corrected chi connectivity index (χ1v) is 7.19. The Morgan fingerprint density at radius 3 is 2.76 bits per heavy atom. The number of aryl methyl sites for hydroxylation is 1. The maximum Gasteiger partial charge on any atom is 0.235 e. The highest BCUT2D eigenvalue weighted by molar-refractivity contribution is 7.92. The number of benzene rings is 1. The zero-order valence-electron chi connectivity index (χ0n) is 9.93. The van der Waals surface area contributed by atoms with Crippen LogP contribution < -0.4 is 4.31 Å². The predicted molar refractivity (Wildman–Crippen MR) is 67.0 cm³/mol. The second-order valence-electron chi connectivity index (χ2n) is 4.15. The molecule has 0 unspecified atom stereocenters. The first kappa shape index (κ1) is 12.1. The Morgan fingerprint density at radius 1 is 1.41 bits per heavy atom. The number of carbonyl (C=O) groups is 1. The van der Waals surface area contributed by atoms with E-state index in [2.05, 4.69) is 0 Å². The lowest BCUT2D eigenvalue weighted by molar-refractivity contribution is 0.0988. The molecule has 0 saturated heterocycles. The van der Waals surface area contributed by atoms with Crippen molar-refractivity contribution in [1.29, 1.82) is 0 Å². The molecule has 1 aliphatic heterocycles. The van der Waals surface area contributed by atoms with Gasteiger partial charge in [-0.15, -0.1) is 0 Å². The van der Waals surface area contributed by atoms with E-state index in [1.54, 1.807) is 19.2 Å². The molecule has 0 atom stereocenters. The summed E-state index contributed by atoms with van der Waals surface area (Å²) in [4.78, 5) is 11.6. The molecule has 1 heterocycles. The number of hydrogen-bond acceptors (Lipinski definition) is 3. The Labute approximate surface area is 101 Å². The minimum Gasteiger partial charge on any atom is -0.294 e. The maximum absolute atomic E-state index is 11.7. The van der Waals surface area contributed by atoms with Crippen molar-refractivity contribution in [2.24, 2.45) is 0 Å². The van der Waals surface area contributed by atoms with Gasteiger partial charge in [0.15, 0.2) is 5.78 Å². The van der Waals surface area contributed by atoms with Crippen LogP contribution in [0.1, 0.15) is 29.3 Å². The molecule has 2 rings (SSSR count). The SMILES string of the molecule is CCC(=O)c1ccc2c(c1)CCS(=O)(=O)N2C. The van der Waals surface area contributed by atoms with Crippen LogP contribution in [-0.4, -0.2) is 27.0 Å². The first-order valence-electron chi connectivity index (χ1n) is 5.58. The number of hydrogen-bond donors (Lipinski definition) is 0. The zero-order valence-corrected chi connectivity index (χ0v) is 10.8. The lowest BCUT2D eigenvalue weighted by atomic mass is 10.0. The average Bonchev–Trinajstić information content (AvgIpc) is 2.33. The maximum atomic E-state index is 11.7. The van der Waals surface area contributed by atoms with Crippen LogP contribution in [0.3, 0.4) is 0 Å². The first-order chi connectivity index (χ1) is 7.95. The van der Waals surface area contributed by atoms with Gasteiger partial charge in [0.2, 0.25) is 10.0 Å². The van der Waals surface area contributed by atoms with Gasteiger partial charge in [-0.2, -0.15) is 0 Å². The minimum absolute atomic E-state index is 0.0869. The van der Waals surface area contributed by atoms with Crippen LogP contribution in [0, 0.1) is 0 Å². The Kier molecular flexibility index (Phi) is 2.95. The summed E-state index contributed by atoms with van der Waals surface area (Å²) in [5, 5.41) is 0. The van der Waals surface area contributed by atoms with Gasteiger partial charge >= 0.3 is 0 Å². The van der Waals surface area contributed by atoms with Gasteiger partial charge in [-0.05, 0) is 30.2 Å². The normalized spacial score (nSPS) is 17.6. The smallest absolute Gasteiger partial charge is 0.235 e. The molecule has 0 aromatic heterocycles. The summed E-state index contributed by atoms with van der Waals surface area (Å²) in [6.45, 7) is 1.82. The van der Waals surface area contributed by atoms with Crippen LogP contribution >= 0.6 is 0 Å². The van der Waals surface area contributed by atoms with Crippen molar-refractivity contribution in [3.05, 3.63) is 29.3 Å². The number of Topliss-reactive ketones (excluding diaryl/α,β-unsaturated/α-hetero) is 1. The summed E-state index contributed by atoms with van der Waals surface area (Å²) in [7, 11) is -1.61. The summed E-state index contributed by atoms with van der Waals surface area (Å²) in [5.74, 6) is 0.198. The Balaban J connectivity index is 2.47. The van der Waals surface area contributed by atoms with E-state index in [0.717, 1.165) is 5.56 Å². The van der Waals surface area contributed by atoms with Gasteiger partial charge in [0.25, 0.3) is 0 Å². The number of carbonyl (C=O) groups excluding carboxylic acids is 1. The van der Waals surface area contributed by atoms with Gasteiger partial charge in [0.1, 0.15) is 0 Å². The van der Waals surface area contributed by atoms with Crippen molar-refractivity contribution in [2.45, 2.75) is 19.8 Å². The van der Waals surface area contributed by atoms with Crippen molar-refractivity contribution in [3.8, 4) is 0 Å². The molecule has 17 heavy (non-hydrogen) atoms. The van der Waals surface area contributed by atoms with E-state index < -0.39 is 10.0 Å². The quantitative estimate of drug-likeness (QED) is 0.752. The molecule has 1 aromatic rings. The van der Waals surface area contributed by atoms with Gasteiger partial charge in [-0.3, -0.25) is 9.10 Å². The number of rotatable bonds is 2. The summed E-state index contributed by atoms with van der Waals surface area (Å²) in [5.41, 5.74) is 2.28. The van der Waals surface area contributed by atoms with Crippen LogP contribution in [0.25, 0.3) is 0 Å². The van der Waals surface area contributed by atoms with E-state index in [4.69, 9.17) is 0 Å². The van der Waals surface area contributed by atoms with Crippen molar-refractivity contribution in [2.75, 3.05) is 17.1 Å². The number of sulfonamides is 1. The van der Waals surface area contributed by atoms with Gasteiger partial charge in [-0.1, -0.05) is 6.92 Å². The standard InChI is InChI=1S/C12H15NO3S/c1-3-12(14)10-4-5-11-9(8-10)6-7-17(15,16)13(11)2/h4-5,8H,3,6-7H2,1-2H3. The molecule has 0 radical (unpaired) electrons. The molecule has 0 saturated carbocycles. The van der Waals surface area contributed by atoms with E-state index in [0.29, 0.717) is 24.1 Å². The van der Waals surface area contributed by atoms with Gasteiger partial charge in [0, 0.05) is 19.0 Å². The average molecular weight is 253 g/mol. The van der Waals surface area contributed by atoms with E-state index in [1.807, 2.05) is 13.0 Å². The Morgan fingerprint density at radius 2 is 2.12 bits per heavy atom. The van der Waals surface area contributed by atoms with Gasteiger partial charge in [0.05, 0.1) is 11.4 Å². The third kappa shape index (κ3) is 2.07. The second-order valence-corrected chi connectivity index (χ2v) is 6.27. The number of nitrogens with zero attached hydrogens (tertiary/aromatic N) is 1. The molecule has 1 aromatic carbocycles. The van der Waals surface area contributed by atoms with E-state index in [1.165, 1.54) is 4.31 Å². The fourth-order valence-electron chi connectivity index (χ4n) is 2.00. The lowest BCUT2D eigenvalue weighted by Crippen LogP contribution is -2.34. The summed E-state index contributed by atoms with van der Waals surface area (Å²) in [6.07, 6.45) is 0.944. The molecular weight excluding hydrogens is 238 g/mol. The summed E-state index contributed by atoms with van der Waals surface area (Å²) < 4.78 is 24.7. The predicted octanol–water partition coefficient (Wildman–Crippen LogP) is 1.60. The van der Waals surface area contributed by atoms with Crippen molar-refractivity contribution < 1.29 is 13.2 Å². The van der Waals surface area contributed by atoms with Gasteiger partial charge < -0.3 is 0 Å². The van der Waals surface area contributed by atoms with Crippen LogP contribution in [0.4, 0.5) is 5.69 Å². The minimum atomic E-state index is -3.17.